The normalized spacial score (nSPS) is 12.5. The molecule has 0 bridgehead atoms. The summed E-state index contributed by atoms with van der Waals surface area (Å²) in [7, 11) is 1.97. The van der Waals surface area contributed by atoms with Crippen molar-refractivity contribution in [1.82, 2.24) is 14.3 Å². The lowest BCUT2D eigenvalue weighted by atomic mass is 9.92. The maximum atomic E-state index is 9.34. The van der Waals surface area contributed by atoms with Crippen LogP contribution in [0.2, 0.25) is 0 Å². The molecule has 0 unspecified atom stereocenters. The van der Waals surface area contributed by atoms with Gasteiger partial charge in [-0.25, -0.2) is 4.98 Å². The first kappa shape index (κ1) is 15.0. The van der Waals surface area contributed by atoms with Gasteiger partial charge in [0.05, 0.1) is 18.9 Å². The van der Waals surface area contributed by atoms with E-state index < -0.39 is 5.41 Å². The Morgan fingerprint density at radius 2 is 1.95 bits per heavy atom. The zero-order chi connectivity index (χ0) is 14.8. The number of fused-ring (bicyclic) bond motifs is 1. The number of aliphatic hydroxyl groups is 2. The van der Waals surface area contributed by atoms with Crippen molar-refractivity contribution in [2.24, 2.45) is 5.41 Å². The lowest BCUT2D eigenvalue weighted by molar-refractivity contribution is 0.0399. The highest BCUT2D eigenvalue weighted by Gasteiger charge is 2.24. The highest BCUT2D eigenvalue weighted by atomic mass is 16.3. The third kappa shape index (κ3) is 3.36. The molecular formula is C15H23N3O2. The molecule has 0 aromatic carbocycles. The first-order valence-corrected chi connectivity index (χ1v) is 6.80. The second-order valence-electron chi connectivity index (χ2n) is 6.00. The summed E-state index contributed by atoms with van der Waals surface area (Å²) in [6.07, 6.45) is 4.07. The number of hydrogen-bond donors (Lipinski definition) is 2. The van der Waals surface area contributed by atoms with E-state index in [1.807, 2.05) is 36.7 Å². The molecule has 0 aliphatic carbocycles. The Morgan fingerprint density at radius 1 is 1.25 bits per heavy atom. The largest absolute Gasteiger partial charge is 0.396 e. The van der Waals surface area contributed by atoms with E-state index in [1.54, 1.807) is 0 Å². The second kappa shape index (κ2) is 5.91. The minimum Gasteiger partial charge on any atom is -0.396 e. The average molecular weight is 277 g/mol. The van der Waals surface area contributed by atoms with Crippen LogP contribution in [-0.2, 0) is 6.54 Å². The molecular weight excluding hydrogens is 254 g/mol. The van der Waals surface area contributed by atoms with Crippen molar-refractivity contribution in [3.63, 3.8) is 0 Å². The number of nitrogens with zero attached hydrogens (tertiary/aromatic N) is 3. The van der Waals surface area contributed by atoms with E-state index in [4.69, 9.17) is 0 Å². The predicted octanol–water partition coefficient (Wildman–Crippen LogP) is 1.07. The summed E-state index contributed by atoms with van der Waals surface area (Å²) in [4.78, 5) is 6.64. The van der Waals surface area contributed by atoms with Crippen molar-refractivity contribution >= 4 is 5.65 Å². The van der Waals surface area contributed by atoms with Gasteiger partial charge in [-0.2, -0.15) is 0 Å². The molecule has 2 rings (SSSR count). The fraction of sp³-hybridized carbons (Fsp3) is 0.533. The van der Waals surface area contributed by atoms with Gasteiger partial charge >= 0.3 is 0 Å². The number of imidazole rings is 1. The van der Waals surface area contributed by atoms with Crippen LogP contribution in [0.5, 0.6) is 0 Å². The Hall–Kier alpha value is -1.43. The minimum absolute atomic E-state index is 0.0296. The standard InChI is InChI=1S/C15H23N3O2/c1-12-4-5-14-16-13(8-18(14)6-12)7-17(3)9-15(2,10-19)11-20/h4-6,8,19-20H,7,9-11H2,1-3H3. The van der Waals surface area contributed by atoms with Crippen LogP contribution in [0.15, 0.2) is 24.5 Å². The minimum atomic E-state index is -0.482. The lowest BCUT2D eigenvalue weighted by Gasteiger charge is -2.29. The second-order valence-corrected chi connectivity index (χ2v) is 6.00. The summed E-state index contributed by atoms with van der Waals surface area (Å²) in [5.74, 6) is 0. The lowest BCUT2D eigenvalue weighted by Crippen LogP contribution is -2.38. The molecule has 0 radical (unpaired) electrons. The quantitative estimate of drug-likeness (QED) is 0.829. The van der Waals surface area contributed by atoms with Crippen LogP contribution < -0.4 is 0 Å². The van der Waals surface area contributed by atoms with Gasteiger partial charge in [-0.3, -0.25) is 4.90 Å². The first-order chi connectivity index (χ1) is 9.45. The number of rotatable bonds is 6. The van der Waals surface area contributed by atoms with Gasteiger partial charge in [0.15, 0.2) is 0 Å². The first-order valence-electron chi connectivity index (χ1n) is 6.80. The van der Waals surface area contributed by atoms with E-state index in [9.17, 15) is 10.2 Å². The molecule has 0 aliphatic rings. The third-order valence-electron chi connectivity index (χ3n) is 3.50. The topological polar surface area (TPSA) is 61.0 Å². The van der Waals surface area contributed by atoms with Crippen LogP contribution in [0.25, 0.3) is 5.65 Å². The van der Waals surface area contributed by atoms with Crippen molar-refractivity contribution < 1.29 is 10.2 Å². The summed E-state index contributed by atoms with van der Waals surface area (Å²) < 4.78 is 2.02. The fourth-order valence-corrected chi connectivity index (χ4v) is 2.37. The number of aryl methyl sites for hydroxylation is 1. The van der Waals surface area contributed by atoms with Crippen molar-refractivity contribution in [2.45, 2.75) is 20.4 Å². The number of hydrogen-bond acceptors (Lipinski definition) is 4. The Kier molecular flexibility index (Phi) is 4.42. The van der Waals surface area contributed by atoms with E-state index in [0.29, 0.717) is 13.1 Å². The Morgan fingerprint density at radius 3 is 2.60 bits per heavy atom. The Labute approximate surface area is 119 Å². The van der Waals surface area contributed by atoms with Gasteiger partial charge in [0.25, 0.3) is 0 Å². The smallest absolute Gasteiger partial charge is 0.137 e. The van der Waals surface area contributed by atoms with E-state index in [-0.39, 0.29) is 13.2 Å². The van der Waals surface area contributed by atoms with Crippen molar-refractivity contribution in [1.29, 1.82) is 0 Å². The van der Waals surface area contributed by atoms with Gasteiger partial charge in [-0.1, -0.05) is 13.0 Å². The molecule has 0 atom stereocenters. The molecule has 2 N–H and O–H groups in total. The monoisotopic (exact) mass is 277 g/mol. The van der Waals surface area contributed by atoms with E-state index in [0.717, 1.165) is 11.3 Å². The maximum absolute atomic E-state index is 9.34. The SMILES string of the molecule is Cc1ccc2nc(CN(C)CC(C)(CO)CO)cn2c1. The third-order valence-corrected chi connectivity index (χ3v) is 3.50. The Bertz CT molecular complexity index is 576. The van der Waals surface area contributed by atoms with Gasteiger partial charge in [0.1, 0.15) is 5.65 Å². The van der Waals surface area contributed by atoms with Crippen LogP contribution in [0.4, 0.5) is 0 Å². The van der Waals surface area contributed by atoms with Crippen molar-refractivity contribution in [3.05, 3.63) is 35.8 Å². The van der Waals surface area contributed by atoms with Gasteiger partial charge < -0.3 is 14.6 Å². The van der Waals surface area contributed by atoms with E-state index in [1.165, 1.54) is 5.56 Å². The summed E-state index contributed by atoms with van der Waals surface area (Å²) >= 11 is 0. The molecule has 5 heteroatoms. The van der Waals surface area contributed by atoms with Gasteiger partial charge in [0, 0.05) is 30.9 Å². The molecule has 0 amide bonds. The van der Waals surface area contributed by atoms with E-state index >= 15 is 0 Å². The van der Waals surface area contributed by atoms with Crippen molar-refractivity contribution in [2.75, 3.05) is 26.8 Å². The molecule has 2 aromatic rings. The molecule has 0 saturated heterocycles. The molecule has 5 nitrogen and oxygen atoms in total. The zero-order valence-electron chi connectivity index (χ0n) is 12.4. The molecule has 2 heterocycles. The fourth-order valence-electron chi connectivity index (χ4n) is 2.37. The zero-order valence-corrected chi connectivity index (χ0v) is 12.4. The molecule has 2 aromatic heterocycles. The molecule has 0 aliphatic heterocycles. The van der Waals surface area contributed by atoms with Gasteiger partial charge in [-0.05, 0) is 25.6 Å². The van der Waals surface area contributed by atoms with Gasteiger partial charge in [0.2, 0.25) is 0 Å². The molecule has 0 saturated carbocycles. The van der Waals surface area contributed by atoms with Crippen LogP contribution in [0.3, 0.4) is 0 Å². The van der Waals surface area contributed by atoms with Crippen LogP contribution in [-0.4, -0.2) is 51.3 Å². The van der Waals surface area contributed by atoms with Crippen LogP contribution in [0.1, 0.15) is 18.2 Å². The Balaban J connectivity index is 2.08. The highest BCUT2D eigenvalue weighted by molar-refractivity contribution is 5.41. The molecule has 20 heavy (non-hydrogen) atoms. The predicted molar refractivity (Wildman–Crippen MR) is 78.5 cm³/mol. The average Bonchev–Trinajstić information content (AvgIpc) is 2.79. The highest BCUT2D eigenvalue weighted by Crippen LogP contribution is 2.17. The molecule has 110 valence electrons. The summed E-state index contributed by atoms with van der Waals surface area (Å²) in [5.41, 5.74) is 2.63. The number of aromatic nitrogens is 2. The van der Waals surface area contributed by atoms with Crippen molar-refractivity contribution in [3.8, 4) is 0 Å². The van der Waals surface area contributed by atoms with E-state index in [2.05, 4.69) is 23.0 Å². The summed E-state index contributed by atoms with van der Waals surface area (Å²) in [5, 5.41) is 18.7. The van der Waals surface area contributed by atoms with Crippen LogP contribution in [0, 0.1) is 12.3 Å². The number of aliphatic hydroxyl groups excluding tert-OH is 2. The molecule has 0 fully saturated rings. The van der Waals surface area contributed by atoms with Gasteiger partial charge in [-0.15, -0.1) is 0 Å². The maximum Gasteiger partial charge on any atom is 0.137 e. The summed E-state index contributed by atoms with van der Waals surface area (Å²) in [6.45, 7) is 5.18. The summed E-state index contributed by atoms with van der Waals surface area (Å²) in [6, 6.07) is 4.05. The number of pyridine rings is 1. The van der Waals surface area contributed by atoms with Crippen LogP contribution >= 0.6 is 0 Å². The molecule has 0 spiro atoms.